The normalized spacial score (nSPS) is 11.5. The zero-order chi connectivity index (χ0) is 33.7. The zero-order valence-electron chi connectivity index (χ0n) is 27.6. The van der Waals surface area contributed by atoms with Crippen molar-refractivity contribution >= 4 is 57.3 Å². The molecule has 0 spiro atoms. The van der Waals surface area contributed by atoms with E-state index in [2.05, 4.69) is 48.5 Å². The van der Waals surface area contributed by atoms with Gasteiger partial charge in [-0.25, -0.2) is 16.8 Å². The molecular formula is C38H30Na2O6P2S2. The summed E-state index contributed by atoms with van der Waals surface area (Å²) in [4.78, 5) is -0.862. The molecule has 0 radical (unpaired) electrons. The van der Waals surface area contributed by atoms with E-state index in [4.69, 9.17) is 0 Å². The van der Waals surface area contributed by atoms with Gasteiger partial charge in [0.05, 0.1) is 9.79 Å². The SMILES string of the molecule is O=S(=O)([O-])c1ccc(CP(c2ccccc2)c2ccccc2)c(-c2cc(S(=O)(=O)[O-])ccc2CP(c2ccccc2)c2ccccc2)c1.[Na+].[Na+]. The van der Waals surface area contributed by atoms with Gasteiger partial charge in [0.25, 0.3) is 0 Å². The molecule has 0 amide bonds. The molecule has 0 heterocycles. The summed E-state index contributed by atoms with van der Waals surface area (Å²) in [7, 11) is -11.7. The van der Waals surface area contributed by atoms with Crippen LogP contribution in [0.3, 0.4) is 0 Å². The van der Waals surface area contributed by atoms with Crippen molar-refractivity contribution in [1.82, 2.24) is 0 Å². The molecule has 0 saturated heterocycles. The first-order valence-electron chi connectivity index (χ1n) is 15.0. The van der Waals surface area contributed by atoms with Gasteiger partial charge in [0.1, 0.15) is 20.2 Å². The Labute approximate surface area is 341 Å². The Morgan fingerprint density at radius 3 is 0.900 bits per heavy atom. The number of hydrogen-bond donors (Lipinski definition) is 0. The zero-order valence-corrected chi connectivity index (χ0v) is 35.0. The van der Waals surface area contributed by atoms with E-state index in [9.17, 15) is 25.9 Å². The number of benzene rings is 6. The molecule has 0 aliphatic carbocycles. The summed E-state index contributed by atoms with van der Waals surface area (Å²) in [6, 6.07) is 48.5. The third kappa shape index (κ3) is 10.1. The van der Waals surface area contributed by atoms with Crippen LogP contribution in [0.2, 0.25) is 0 Å². The summed E-state index contributed by atoms with van der Waals surface area (Å²) in [5, 5.41) is 4.38. The van der Waals surface area contributed by atoms with E-state index in [1.807, 2.05) is 72.8 Å². The molecule has 0 aromatic heterocycles. The Morgan fingerprint density at radius 1 is 0.400 bits per heavy atom. The monoisotopic (exact) mass is 754 g/mol. The summed E-state index contributed by atoms with van der Waals surface area (Å²) in [6.45, 7) is 0. The van der Waals surface area contributed by atoms with Crippen LogP contribution >= 0.6 is 15.8 Å². The van der Waals surface area contributed by atoms with Crippen LogP contribution in [0.5, 0.6) is 0 Å². The topological polar surface area (TPSA) is 114 Å². The van der Waals surface area contributed by atoms with Crippen LogP contribution in [0, 0.1) is 0 Å². The van der Waals surface area contributed by atoms with Crippen LogP contribution in [0.1, 0.15) is 11.1 Å². The van der Waals surface area contributed by atoms with Crippen LogP contribution in [0.4, 0.5) is 0 Å². The number of hydrogen-bond acceptors (Lipinski definition) is 6. The van der Waals surface area contributed by atoms with Gasteiger partial charge in [-0.1, -0.05) is 133 Å². The Hall–Kier alpha value is -2.00. The van der Waals surface area contributed by atoms with Crippen LogP contribution < -0.4 is 80.3 Å². The maximum atomic E-state index is 12.4. The average Bonchev–Trinajstić information content (AvgIpc) is 3.10. The van der Waals surface area contributed by atoms with Gasteiger partial charge >= 0.3 is 59.1 Å². The molecule has 0 N–H and O–H groups in total. The second-order valence-corrected chi connectivity index (χ2v) is 18.2. The van der Waals surface area contributed by atoms with Crippen LogP contribution in [0.25, 0.3) is 11.1 Å². The van der Waals surface area contributed by atoms with E-state index < -0.39 is 45.9 Å². The fourth-order valence-electron chi connectivity index (χ4n) is 5.64. The summed E-state index contributed by atoms with van der Waals surface area (Å²) in [5.74, 6) is 0. The van der Waals surface area contributed by atoms with E-state index in [-0.39, 0.29) is 59.1 Å². The first-order valence-corrected chi connectivity index (χ1v) is 20.9. The van der Waals surface area contributed by atoms with E-state index in [1.54, 1.807) is 12.1 Å². The first kappa shape index (κ1) is 40.8. The minimum Gasteiger partial charge on any atom is -0.744 e. The average molecular weight is 755 g/mol. The second-order valence-electron chi connectivity index (χ2n) is 11.1. The molecule has 0 aliphatic rings. The van der Waals surface area contributed by atoms with E-state index >= 15 is 0 Å². The van der Waals surface area contributed by atoms with Gasteiger partial charge in [0.2, 0.25) is 0 Å². The second kappa shape index (κ2) is 18.2. The molecule has 0 aliphatic heterocycles. The molecule has 0 unspecified atom stereocenters. The van der Waals surface area contributed by atoms with Crippen LogP contribution in [0.15, 0.2) is 168 Å². The maximum Gasteiger partial charge on any atom is 1.00 e. The van der Waals surface area contributed by atoms with Gasteiger partial charge in [0.15, 0.2) is 0 Å². The van der Waals surface area contributed by atoms with Crippen molar-refractivity contribution in [3.8, 4) is 11.1 Å². The molecule has 242 valence electrons. The maximum absolute atomic E-state index is 12.4. The Bertz CT molecular complexity index is 2000. The minimum absolute atomic E-state index is 0. The van der Waals surface area contributed by atoms with Gasteiger partial charge in [-0.2, -0.15) is 0 Å². The van der Waals surface area contributed by atoms with Gasteiger partial charge in [-0.3, -0.25) is 0 Å². The van der Waals surface area contributed by atoms with Crippen molar-refractivity contribution in [1.29, 1.82) is 0 Å². The molecule has 0 bridgehead atoms. The van der Waals surface area contributed by atoms with Crippen molar-refractivity contribution in [2.24, 2.45) is 0 Å². The molecule has 6 aromatic rings. The Kier molecular flexibility index (Phi) is 14.8. The first-order chi connectivity index (χ1) is 23.1. The van der Waals surface area contributed by atoms with Crippen molar-refractivity contribution in [3.05, 3.63) is 169 Å². The third-order valence-corrected chi connectivity index (χ3v) is 14.6. The Balaban J connectivity index is 0.00000281. The minimum atomic E-state index is -4.86. The predicted octanol–water partition coefficient (Wildman–Crippen LogP) is 0.436. The summed E-state index contributed by atoms with van der Waals surface area (Å²) >= 11 is 0. The van der Waals surface area contributed by atoms with Gasteiger partial charge in [-0.05, 0) is 83.6 Å². The van der Waals surface area contributed by atoms with E-state index in [0.717, 1.165) is 32.3 Å². The summed E-state index contributed by atoms with van der Waals surface area (Å²) < 4.78 is 74.1. The smallest absolute Gasteiger partial charge is 0.744 e. The summed E-state index contributed by atoms with van der Waals surface area (Å²) in [5.41, 5.74) is 2.27. The molecule has 0 saturated carbocycles. The fourth-order valence-corrected chi connectivity index (χ4v) is 11.3. The molecule has 6 rings (SSSR count). The van der Waals surface area contributed by atoms with Crippen molar-refractivity contribution in [2.45, 2.75) is 22.1 Å². The molecule has 6 nitrogen and oxygen atoms in total. The standard InChI is InChI=1S/C38H32O6P2S2.2Na/c39-47(40,41)35-23-21-29(27-45(31-13-5-1-6-14-31)32-15-7-2-8-16-32)37(25-35)38-26-36(48(42,43)44)24-22-30(38)28-46(33-17-9-3-10-18-33)34-19-11-4-12-20-34;;/h1-26H,27-28H2,(H,39,40,41)(H,42,43,44);;/q;2*+1/p-2. The predicted molar refractivity (Wildman–Crippen MR) is 193 cm³/mol. The molecular weight excluding hydrogens is 724 g/mol. The van der Waals surface area contributed by atoms with Crippen molar-refractivity contribution in [2.75, 3.05) is 0 Å². The van der Waals surface area contributed by atoms with Gasteiger partial charge in [-0.15, -0.1) is 0 Å². The van der Waals surface area contributed by atoms with Gasteiger partial charge in [0, 0.05) is 12.3 Å². The molecule has 0 fully saturated rings. The van der Waals surface area contributed by atoms with Gasteiger partial charge < -0.3 is 9.11 Å². The largest absolute Gasteiger partial charge is 1.00 e. The quantitative estimate of drug-likeness (QED) is 0.108. The van der Waals surface area contributed by atoms with Crippen LogP contribution in [-0.2, 0) is 32.6 Å². The van der Waals surface area contributed by atoms with Crippen molar-refractivity contribution < 1.29 is 85.1 Å². The summed E-state index contributed by atoms with van der Waals surface area (Å²) in [6.07, 6.45) is 0.940. The van der Waals surface area contributed by atoms with E-state index in [1.165, 1.54) is 24.3 Å². The van der Waals surface area contributed by atoms with Crippen LogP contribution in [-0.4, -0.2) is 25.9 Å². The molecule has 6 aromatic carbocycles. The number of rotatable bonds is 11. The molecule has 0 atom stereocenters. The van der Waals surface area contributed by atoms with Crippen molar-refractivity contribution in [3.63, 3.8) is 0 Å². The molecule has 12 heteroatoms. The fraction of sp³-hybridized carbons (Fsp3) is 0.0526. The van der Waals surface area contributed by atoms with E-state index in [0.29, 0.717) is 23.5 Å². The Morgan fingerprint density at radius 2 is 0.660 bits per heavy atom. The third-order valence-electron chi connectivity index (χ3n) is 7.96. The molecule has 50 heavy (non-hydrogen) atoms.